The minimum Gasteiger partial charge on any atom is -0.372 e. The van der Waals surface area contributed by atoms with Gasteiger partial charge in [0.2, 0.25) is 0 Å². The lowest BCUT2D eigenvalue weighted by Gasteiger charge is -2.39. The summed E-state index contributed by atoms with van der Waals surface area (Å²) >= 11 is 0. The van der Waals surface area contributed by atoms with Crippen LogP contribution in [0, 0.1) is 16.7 Å². The smallest absolute Gasteiger partial charge is 0.372 e. The first-order valence-electron chi connectivity index (χ1n) is 11.8. The van der Waals surface area contributed by atoms with Gasteiger partial charge in [0.05, 0.1) is 17.3 Å². The molecule has 36 heavy (non-hydrogen) atoms. The number of nitrogens with zero attached hydrogens (tertiary/aromatic N) is 6. The van der Waals surface area contributed by atoms with Crippen LogP contribution in [0.3, 0.4) is 0 Å². The molecule has 11 heteroatoms. The summed E-state index contributed by atoms with van der Waals surface area (Å²) in [6.07, 6.45) is -2.37. The molecule has 1 atom stereocenters. The van der Waals surface area contributed by atoms with Crippen molar-refractivity contribution < 1.29 is 13.2 Å². The van der Waals surface area contributed by atoms with Gasteiger partial charge in [-0.2, -0.15) is 23.5 Å². The van der Waals surface area contributed by atoms with Crippen LogP contribution in [-0.4, -0.2) is 64.8 Å². The first-order valence-corrected chi connectivity index (χ1v) is 11.8. The predicted molar refractivity (Wildman–Crippen MR) is 129 cm³/mol. The summed E-state index contributed by atoms with van der Waals surface area (Å²) in [5.41, 5.74) is -1.05. The zero-order chi connectivity index (χ0) is 26.3. The number of alkyl halides is 3. The highest BCUT2D eigenvalue weighted by atomic mass is 19.4. The molecule has 1 fully saturated rings. The average molecular weight is 502 g/mol. The van der Waals surface area contributed by atoms with Crippen LogP contribution < -0.4 is 10.5 Å². The van der Waals surface area contributed by atoms with Gasteiger partial charge in [0.25, 0.3) is 5.56 Å². The topological polar surface area (TPSA) is 92.2 Å². The van der Waals surface area contributed by atoms with E-state index in [1.807, 2.05) is 31.9 Å². The summed E-state index contributed by atoms with van der Waals surface area (Å²) in [5.74, 6) is 0.838. The third-order valence-corrected chi connectivity index (χ3v) is 7.15. The number of rotatable bonds is 6. The monoisotopic (exact) mass is 501 g/mol. The highest BCUT2D eigenvalue weighted by molar-refractivity contribution is 5.42. The molecule has 0 aromatic carbocycles. The maximum Gasteiger partial charge on any atom is 0.422 e. The van der Waals surface area contributed by atoms with Gasteiger partial charge in [-0.05, 0) is 43.0 Å². The van der Waals surface area contributed by atoms with Gasteiger partial charge >= 0.3 is 6.18 Å². The molecule has 0 bridgehead atoms. The molecule has 1 aliphatic carbocycles. The highest BCUT2D eigenvalue weighted by Crippen LogP contribution is 2.49. The fourth-order valence-corrected chi connectivity index (χ4v) is 5.42. The number of aromatic nitrogens is 3. The van der Waals surface area contributed by atoms with Crippen LogP contribution in [0.1, 0.15) is 48.7 Å². The Morgan fingerprint density at radius 3 is 2.58 bits per heavy atom. The molecule has 2 aliphatic rings. The Balaban J connectivity index is 1.38. The molecule has 4 rings (SSSR count). The lowest BCUT2D eigenvalue weighted by molar-refractivity contribution is -0.139. The summed E-state index contributed by atoms with van der Waals surface area (Å²) < 4.78 is 40.8. The Labute approximate surface area is 208 Å². The van der Waals surface area contributed by atoms with Gasteiger partial charge < -0.3 is 9.80 Å². The van der Waals surface area contributed by atoms with Crippen LogP contribution in [0.5, 0.6) is 0 Å². The standard InChI is InChI=1S/C25H30F3N7O/c1-16(34-9-11-35(12-10-34)19-6-5-17(14-29)15-30-19)7-8-33(4)22-21-18(13-24(22,2)3)20(25(26,27)28)23(36)32-31-21/h5-6,15,22H,1,7-13H2,2-4H3,(H,32,36). The molecule has 2 aromatic rings. The second-order valence-corrected chi connectivity index (χ2v) is 10.1. The minimum absolute atomic E-state index is 0.000500. The summed E-state index contributed by atoms with van der Waals surface area (Å²) in [6, 6.07) is 5.32. The third-order valence-electron chi connectivity index (χ3n) is 7.15. The molecule has 3 heterocycles. The van der Waals surface area contributed by atoms with E-state index in [1.165, 1.54) is 0 Å². The number of piperazine rings is 1. The molecule has 0 radical (unpaired) electrons. The Kier molecular flexibility index (Phi) is 6.84. The molecule has 0 spiro atoms. The van der Waals surface area contributed by atoms with E-state index in [0.717, 1.165) is 37.7 Å². The van der Waals surface area contributed by atoms with Crippen molar-refractivity contribution in [3.8, 4) is 6.07 Å². The van der Waals surface area contributed by atoms with E-state index in [-0.39, 0.29) is 18.0 Å². The fourth-order valence-electron chi connectivity index (χ4n) is 5.42. The molecule has 1 aliphatic heterocycles. The fraction of sp³-hybridized carbons (Fsp3) is 0.520. The van der Waals surface area contributed by atoms with E-state index in [0.29, 0.717) is 24.2 Å². The highest BCUT2D eigenvalue weighted by Gasteiger charge is 2.48. The quantitative estimate of drug-likeness (QED) is 0.649. The van der Waals surface area contributed by atoms with Gasteiger partial charge in [0, 0.05) is 44.6 Å². The number of pyridine rings is 1. The molecule has 0 amide bonds. The SMILES string of the molecule is C=C(CCN(C)C1c2n[nH]c(=O)c(C(F)(F)F)c2CC1(C)C)N1CCN(c2ccc(C#N)cn2)CC1. The van der Waals surface area contributed by atoms with Gasteiger partial charge in [-0.3, -0.25) is 9.69 Å². The van der Waals surface area contributed by atoms with Crippen molar-refractivity contribution in [3.05, 3.63) is 63.3 Å². The first kappa shape index (κ1) is 25.7. The lowest BCUT2D eigenvalue weighted by Crippen LogP contribution is -2.46. The molecule has 2 aromatic heterocycles. The van der Waals surface area contributed by atoms with Crippen molar-refractivity contribution in [2.75, 3.05) is 44.7 Å². The molecule has 192 valence electrons. The molecular weight excluding hydrogens is 471 g/mol. The summed E-state index contributed by atoms with van der Waals surface area (Å²) in [5, 5.41) is 15.1. The van der Waals surface area contributed by atoms with Crippen molar-refractivity contribution in [3.63, 3.8) is 0 Å². The Morgan fingerprint density at radius 2 is 2.00 bits per heavy atom. The molecular formula is C25H30F3N7O. The van der Waals surface area contributed by atoms with Crippen LogP contribution in [0.4, 0.5) is 19.0 Å². The van der Waals surface area contributed by atoms with Crippen molar-refractivity contribution in [2.45, 2.75) is 38.9 Å². The van der Waals surface area contributed by atoms with E-state index in [2.05, 4.69) is 37.6 Å². The normalized spacial score (nSPS) is 19.3. The second-order valence-electron chi connectivity index (χ2n) is 10.1. The Hall–Kier alpha value is -3.39. The van der Waals surface area contributed by atoms with Crippen molar-refractivity contribution in [2.24, 2.45) is 5.41 Å². The zero-order valence-corrected chi connectivity index (χ0v) is 20.7. The van der Waals surface area contributed by atoms with Gasteiger partial charge in [-0.15, -0.1) is 0 Å². The van der Waals surface area contributed by atoms with Crippen LogP contribution in [0.25, 0.3) is 0 Å². The first-order chi connectivity index (χ1) is 16.9. The van der Waals surface area contributed by atoms with Crippen molar-refractivity contribution in [1.29, 1.82) is 5.26 Å². The van der Waals surface area contributed by atoms with E-state index in [9.17, 15) is 18.0 Å². The number of nitrogens with one attached hydrogen (secondary N) is 1. The Bertz CT molecular complexity index is 1220. The molecule has 8 nitrogen and oxygen atoms in total. The molecule has 1 saturated heterocycles. The maximum atomic E-state index is 13.6. The summed E-state index contributed by atoms with van der Waals surface area (Å²) in [7, 11) is 1.88. The van der Waals surface area contributed by atoms with Gasteiger partial charge in [-0.25, -0.2) is 10.1 Å². The molecule has 0 saturated carbocycles. The number of hydrogen-bond acceptors (Lipinski definition) is 7. The van der Waals surface area contributed by atoms with E-state index < -0.39 is 22.7 Å². The maximum absolute atomic E-state index is 13.6. The minimum atomic E-state index is -4.73. The van der Waals surface area contributed by atoms with Crippen LogP contribution in [-0.2, 0) is 12.6 Å². The van der Waals surface area contributed by atoms with E-state index >= 15 is 0 Å². The van der Waals surface area contributed by atoms with Gasteiger partial charge in [-0.1, -0.05) is 20.4 Å². The van der Waals surface area contributed by atoms with Crippen LogP contribution in [0.2, 0.25) is 0 Å². The number of halogens is 3. The van der Waals surface area contributed by atoms with Crippen molar-refractivity contribution >= 4 is 5.82 Å². The van der Waals surface area contributed by atoms with E-state index in [1.54, 1.807) is 12.3 Å². The number of H-pyrrole nitrogens is 1. The van der Waals surface area contributed by atoms with Crippen molar-refractivity contribution in [1.82, 2.24) is 25.0 Å². The van der Waals surface area contributed by atoms with Gasteiger partial charge in [0.15, 0.2) is 0 Å². The van der Waals surface area contributed by atoms with Crippen LogP contribution in [0.15, 0.2) is 35.4 Å². The van der Waals surface area contributed by atoms with E-state index in [4.69, 9.17) is 5.26 Å². The molecule has 1 N–H and O–H groups in total. The number of hydrogen-bond donors (Lipinski definition) is 1. The van der Waals surface area contributed by atoms with Crippen LogP contribution >= 0.6 is 0 Å². The number of fused-ring (bicyclic) bond motifs is 1. The average Bonchev–Trinajstić information content (AvgIpc) is 3.10. The number of nitriles is 1. The van der Waals surface area contributed by atoms with Gasteiger partial charge in [0.1, 0.15) is 17.5 Å². The predicted octanol–water partition coefficient (Wildman–Crippen LogP) is 3.34. The number of anilines is 1. The number of aromatic amines is 1. The molecule has 1 unspecified atom stereocenters. The second kappa shape index (κ2) is 9.58. The summed E-state index contributed by atoms with van der Waals surface area (Å²) in [6.45, 7) is 11.8. The third kappa shape index (κ3) is 4.95. The Morgan fingerprint density at radius 1 is 1.31 bits per heavy atom. The summed E-state index contributed by atoms with van der Waals surface area (Å²) in [4.78, 5) is 22.7. The zero-order valence-electron chi connectivity index (χ0n) is 20.7. The largest absolute Gasteiger partial charge is 0.422 e. The lowest BCUT2D eigenvalue weighted by atomic mass is 9.85.